The Morgan fingerprint density at radius 3 is 2.74 bits per heavy atom. The first kappa shape index (κ1) is 25.6. The normalized spacial score (nSPS) is 12.8. The van der Waals surface area contributed by atoms with Crippen LogP contribution in [-0.2, 0) is 17.6 Å². The molecule has 2 N–H and O–H groups in total. The third kappa shape index (κ3) is 6.72. The Balaban J connectivity index is 1.62. The molecule has 1 aromatic heterocycles. The molecule has 3 rings (SSSR count). The van der Waals surface area contributed by atoms with Crippen molar-refractivity contribution < 1.29 is 23.8 Å². The number of amides is 2. The fourth-order valence-electron chi connectivity index (χ4n) is 3.79. The average molecular weight is 488 g/mol. The lowest BCUT2D eigenvalue weighted by Crippen LogP contribution is -2.25. The van der Waals surface area contributed by atoms with Crippen LogP contribution in [0.4, 0.5) is 9.80 Å². The monoisotopic (exact) mass is 487 g/mol. The first-order valence-electron chi connectivity index (χ1n) is 11.8. The van der Waals surface area contributed by atoms with E-state index in [4.69, 9.17) is 14.2 Å². The van der Waals surface area contributed by atoms with Crippen LogP contribution in [0.2, 0.25) is 0 Å². The molecule has 0 bridgehead atoms. The maximum absolute atomic E-state index is 12.5. The summed E-state index contributed by atoms with van der Waals surface area (Å²) in [4.78, 5) is 26.1. The van der Waals surface area contributed by atoms with Gasteiger partial charge in [-0.05, 0) is 68.4 Å². The molecule has 0 spiro atoms. The van der Waals surface area contributed by atoms with E-state index in [0.717, 1.165) is 60.9 Å². The highest BCUT2D eigenvalue weighted by Crippen LogP contribution is 2.38. The van der Waals surface area contributed by atoms with Gasteiger partial charge in [0.1, 0.15) is 5.00 Å². The van der Waals surface area contributed by atoms with Gasteiger partial charge >= 0.3 is 12.0 Å². The van der Waals surface area contributed by atoms with Crippen molar-refractivity contribution in [1.29, 1.82) is 0 Å². The van der Waals surface area contributed by atoms with Gasteiger partial charge in [-0.25, -0.2) is 15.0 Å². The minimum absolute atomic E-state index is 0.283. The van der Waals surface area contributed by atoms with Gasteiger partial charge < -0.3 is 14.2 Å². The molecule has 34 heavy (non-hydrogen) atoms. The Hall–Kier alpha value is -3.07. The van der Waals surface area contributed by atoms with Crippen molar-refractivity contribution in [1.82, 2.24) is 5.43 Å². The van der Waals surface area contributed by atoms with Gasteiger partial charge in [0, 0.05) is 4.88 Å². The number of hydrogen-bond acceptors (Lipinski definition) is 7. The molecule has 0 unspecified atom stereocenters. The maximum atomic E-state index is 12.5. The van der Waals surface area contributed by atoms with Crippen molar-refractivity contribution in [2.45, 2.75) is 58.8 Å². The SMILES string of the molecule is CCCCCOc1ccc(C=NNC(=O)Nc2sc3c(c2C(=O)OCC)CCCC3)cc1OC. The van der Waals surface area contributed by atoms with Gasteiger partial charge in [-0.1, -0.05) is 19.8 Å². The molecule has 0 aliphatic heterocycles. The van der Waals surface area contributed by atoms with Gasteiger partial charge in [0.2, 0.25) is 0 Å². The first-order chi connectivity index (χ1) is 16.6. The van der Waals surface area contributed by atoms with Crippen LogP contribution in [0.25, 0.3) is 0 Å². The van der Waals surface area contributed by atoms with Crippen molar-refractivity contribution in [3.8, 4) is 11.5 Å². The van der Waals surface area contributed by atoms with E-state index in [2.05, 4.69) is 22.8 Å². The van der Waals surface area contributed by atoms with Crippen LogP contribution >= 0.6 is 11.3 Å². The van der Waals surface area contributed by atoms with E-state index < -0.39 is 12.0 Å². The summed E-state index contributed by atoms with van der Waals surface area (Å²) < 4.78 is 16.4. The topological polar surface area (TPSA) is 98.2 Å². The van der Waals surface area contributed by atoms with Crippen molar-refractivity contribution in [2.75, 3.05) is 25.6 Å². The van der Waals surface area contributed by atoms with Gasteiger partial charge in [-0.2, -0.15) is 5.10 Å². The van der Waals surface area contributed by atoms with E-state index in [-0.39, 0.29) is 6.61 Å². The molecule has 0 saturated heterocycles. The Morgan fingerprint density at radius 1 is 1.15 bits per heavy atom. The molecule has 0 radical (unpaired) electrons. The van der Waals surface area contributed by atoms with Crippen molar-refractivity contribution in [3.05, 3.63) is 39.8 Å². The highest BCUT2D eigenvalue weighted by molar-refractivity contribution is 7.17. The van der Waals surface area contributed by atoms with Gasteiger partial charge in [0.15, 0.2) is 11.5 Å². The van der Waals surface area contributed by atoms with Crippen LogP contribution in [0.5, 0.6) is 11.5 Å². The zero-order valence-corrected chi connectivity index (χ0v) is 20.9. The number of aryl methyl sites for hydroxylation is 1. The lowest BCUT2D eigenvalue weighted by Gasteiger charge is -2.12. The van der Waals surface area contributed by atoms with Crippen molar-refractivity contribution >= 4 is 34.6 Å². The number of anilines is 1. The van der Waals surface area contributed by atoms with Gasteiger partial charge in [-0.3, -0.25) is 5.32 Å². The summed E-state index contributed by atoms with van der Waals surface area (Å²) in [7, 11) is 1.59. The van der Waals surface area contributed by atoms with Gasteiger partial charge in [0.05, 0.1) is 32.1 Å². The van der Waals surface area contributed by atoms with Crippen LogP contribution in [0.1, 0.15) is 72.3 Å². The smallest absolute Gasteiger partial charge is 0.341 e. The predicted molar refractivity (Wildman–Crippen MR) is 135 cm³/mol. The molecule has 1 aromatic carbocycles. The molecule has 2 aromatic rings. The van der Waals surface area contributed by atoms with E-state index in [1.165, 1.54) is 17.6 Å². The Kier molecular flexibility index (Phi) is 9.75. The number of rotatable bonds is 11. The number of carbonyl (C=O) groups excluding carboxylic acids is 2. The maximum Gasteiger partial charge on any atom is 0.341 e. The molecule has 1 aliphatic rings. The second-order valence-corrected chi connectivity index (χ2v) is 9.03. The van der Waals surface area contributed by atoms with Crippen molar-refractivity contribution in [2.24, 2.45) is 5.10 Å². The Bertz CT molecular complexity index is 1020. The second kappa shape index (κ2) is 13.0. The number of benzene rings is 1. The summed E-state index contributed by atoms with van der Waals surface area (Å²) in [5.74, 6) is 0.882. The molecular formula is C25H33N3O5S. The minimum Gasteiger partial charge on any atom is -0.493 e. The number of urea groups is 1. The van der Waals surface area contributed by atoms with Crippen LogP contribution < -0.4 is 20.2 Å². The average Bonchev–Trinajstić information content (AvgIpc) is 3.20. The number of carbonyl (C=O) groups is 2. The third-order valence-electron chi connectivity index (χ3n) is 5.45. The van der Waals surface area contributed by atoms with Crippen LogP contribution in [0.15, 0.2) is 23.3 Å². The Morgan fingerprint density at radius 2 is 1.97 bits per heavy atom. The van der Waals surface area contributed by atoms with E-state index >= 15 is 0 Å². The number of ether oxygens (including phenoxy) is 3. The van der Waals surface area contributed by atoms with E-state index in [1.54, 1.807) is 20.1 Å². The minimum atomic E-state index is -0.525. The molecule has 2 amide bonds. The number of nitrogens with one attached hydrogen (secondary N) is 2. The molecular weight excluding hydrogens is 454 g/mol. The van der Waals surface area contributed by atoms with E-state index in [0.29, 0.717) is 28.7 Å². The zero-order chi connectivity index (χ0) is 24.3. The fourth-order valence-corrected chi connectivity index (χ4v) is 5.06. The van der Waals surface area contributed by atoms with E-state index in [1.807, 2.05) is 12.1 Å². The van der Waals surface area contributed by atoms with Gasteiger partial charge in [0.25, 0.3) is 0 Å². The lowest BCUT2D eigenvalue weighted by molar-refractivity contribution is 0.0526. The molecule has 9 heteroatoms. The number of hydrogen-bond donors (Lipinski definition) is 2. The standard InChI is InChI=1S/C25H33N3O5S/c1-4-6-9-14-33-19-13-12-17(15-20(19)31-3)16-26-28-25(30)27-23-22(24(29)32-5-2)18-10-7-8-11-21(18)34-23/h12-13,15-16H,4-11,14H2,1-3H3,(H2,27,28,30). The zero-order valence-electron chi connectivity index (χ0n) is 20.1. The predicted octanol–water partition coefficient (Wildman–Crippen LogP) is 5.54. The molecule has 0 fully saturated rings. The number of hydrazone groups is 1. The summed E-state index contributed by atoms with van der Waals surface area (Å²) in [6.07, 6.45) is 8.61. The summed E-state index contributed by atoms with van der Waals surface area (Å²) in [6, 6.07) is 4.94. The van der Waals surface area contributed by atoms with Crippen molar-refractivity contribution in [3.63, 3.8) is 0 Å². The molecule has 0 atom stereocenters. The third-order valence-corrected chi connectivity index (χ3v) is 6.66. The number of esters is 1. The molecule has 184 valence electrons. The summed E-state index contributed by atoms with van der Waals surface area (Å²) >= 11 is 1.44. The number of nitrogens with zero attached hydrogens (tertiary/aromatic N) is 1. The summed E-state index contributed by atoms with van der Waals surface area (Å²) in [5.41, 5.74) is 4.68. The molecule has 0 saturated carbocycles. The molecule has 1 heterocycles. The summed E-state index contributed by atoms with van der Waals surface area (Å²) in [6.45, 7) is 4.84. The Labute approximate surface area is 204 Å². The van der Waals surface area contributed by atoms with Gasteiger partial charge in [-0.15, -0.1) is 11.3 Å². The largest absolute Gasteiger partial charge is 0.493 e. The fraction of sp³-hybridized carbons (Fsp3) is 0.480. The first-order valence-corrected chi connectivity index (χ1v) is 12.6. The lowest BCUT2D eigenvalue weighted by atomic mass is 9.95. The summed E-state index contributed by atoms with van der Waals surface area (Å²) in [5, 5.41) is 7.30. The quantitative estimate of drug-likeness (QED) is 0.188. The number of unbranched alkanes of at least 4 members (excludes halogenated alkanes) is 2. The molecule has 8 nitrogen and oxygen atoms in total. The van der Waals surface area contributed by atoms with Crippen LogP contribution in [0.3, 0.4) is 0 Å². The highest BCUT2D eigenvalue weighted by Gasteiger charge is 2.27. The number of fused-ring (bicyclic) bond motifs is 1. The van der Waals surface area contributed by atoms with E-state index in [9.17, 15) is 9.59 Å². The number of methoxy groups -OCH3 is 1. The van der Waals surface area contributed by atoms with Crippen LogP contribution in [0, 0.1) is 0 Å². The number of thiophene rings is 1. The van der Waals surface area contributed by atoms with Crippen LogP contribution in [-0.4, -0.2) is 38.5 Å². The highest BCUT2D eigenvalue weighted by atomic mass is 32.1. The molecule has 1 aliphatic carbocycles. The second-order valence-electron chi connectivity index (χ2n) is 7.93.